The molecule has 2 N–H and O–H groups in total. The van der Waals surface area contributed by atoms with Crippen molar-refractivity contribution in [3.8, 4) is 5.75 Å². The van der Waals surface area contributed by atoms with E-state index in [0.29, 0.717) is 19.8 Å². The molecule has 0 spiro atoms. The van der Waals surface area contributed by atoms with Gasteiger partial charge in [0.1, 0.15) is 11.2 Å². The quantitative estimate of drug-likeness (QED) is 0.879. The highest BCUT2D eigenvalue weighted by atomic mass is 16.5. The molecule has 5 heteroatoms. The predicted molar refractivity (Wildman–Crippen MR) is 73.4 cm³/mol. The average molecular weight is 264 g/mol. The van der Waals surface area contributed by atoms with Gasteiger partial charge in [-0.1, -0.05) is 0 Å². The summed E-state index contributed by atoms with van der Waals surface area (Å²) in [6.07, 6.45) is 0. The fraction of sp³-hybridized carbons (Fsp3) is 0.500. The van der Waals surface area contributed by atoms with Crippen LogP contribution in [0.1, 0.15) is 5.56 Å². The Kier molecular flexibility index (Phi) is 3.78. The third-order valence-electron chi connectivity index (χ3n) is 3.67. The lowest BCUT2D eigenvalue weighted by Gasteiger charge is -2.41. The fourth-order valence-corrected chi connectivity index (χ4v) is 2.22. The number of amides is 1. The van der Waals surface area contributed by atoms with Crippen molar-refractivity contribution in [2.45, 2.75) is 6.92 Å². The normalized spacial score (nSPS) is 16.6. The maximum atomic E-state index is 12.5. The first-order valence-electron chi connectivity index (χ1n) is 6.25. The smallest absolute Gasteiger partial charge is 0.238 e. The molecule has 1 fully saturated rings. The highest BCUT2D eigenvalue weighted by molar-refractivity contribution is 5.98. The lowest BCUT2D eigenvalue weighted by atomic mass is 9.84. The van der Waals surface area contributed by atoms with E-state index in [4.69, 9.17) is 15.2 Å². The molecule has 1 heterocycles. The maximum absolute atomic E-state index is 12.5. The van der Waals surface area contributed by atoms with Crippen LogP contribution in [0.4, 0.5) is 5.69 Å². The molecular weight excluding hydrogens is 244 g/mol. The van der Waals surface area contributed by atoms with Gasteiger partial charge in [-0.15, -0.1) is 0 Å². The molecule has 1 aromatic carbocycles. The Labute approximate surface area is 113 Å². The van der Waals surface area contributed by atoms with Crippen LogP contribution in [0.5, 0.6) is 5.75 Å². The number of carbonyl (C=O) groups is 1. The number of nitrogens with zero attached hydrogens (tertiary/aromatic N) is 1. The Balaban J connectivity index is 2.22. The van der Waals surface area contributed by atoms with E-state index >= 15 is 0 Å². The summed E-state index contributed by atoms with van der Waals surface area (Å²) in [5.41, 5.74) is 6.99. The number of rotatable bonds is 4. The summed E-state index contributed by atoms with van der Waals surface area (Å²) in [6, 6.07) is 5.66. The number of aryl methyl sites for hydroxylation is 1. The number of methoxy groups -OCH3 is 1. The number of nitrogens with two attached hydrogens (primary N) is 1. The maximum Gasteiger partial charge on any atom is 0.238 e. The van der Waals surface area contributed by atoms with E-state index < -0.39 is 5.41 Å². The van der Waals surface area contributed by atoms with Crippen LogP contribution in [-0.4, -0.2) is 39.8 Å². The van der Waals surface area contributed by atoms with E-state index in [9.17, 15) is 4.79 Å². The second kappa shape index (κ2) is 5.19. The van der Waals surface area contributed by atoms with Crippen LogP contribution in [0.3, 0.4) is 0 Å². The SMILES string of the molecule is COc1ccc(N(C)C(=O)C2(CN)COC2)cc1C. The lowest BCUT2D eigenvalue weighted by molar-refractivity contribution is -0.156. The lowest BCUT2D eigenvalue weighted by Crippen LogP contribution is -2.58. The Bertz CT molecular complexity index is 478. The molecule has 0 bridgehead atoms. The standard InChI is InChI=1S/C14H20N2O3/c1-10-6-11(4-5-12(10)18-3)16(2)13(17)14(7-15)8-19-9-14/h4-6H,7-9,15H2,1-3H3. The van der Waals surface area contributed by atoms with Crippen molar-refractivity contribution in [2.24, 2.45) is 11.1 Å². The molecule has 0 saturated carbocycles. The monoisotopic (exact) mass is 264 g/mol. The van der Waals surface area contributed by atoms with Gasteiger partial charge in [-0.2, -0.15) is 0 Å². The summed E-state index contributed by atoms with van der Waals surface area (Å²) < 4.78 is 10.4. The van der Waals surface area contributed by atoms with Gasteiger partial charge in [0, 0.05) is 19.3 Å². The van der Waals surface area contributed by atoms with Crippen molar-refractivity contribution in [1.29, 1.82) is 0 Å². The van der Waals surface area contributed by atoms with Crippen LogP contribution < -0.4 is 15.4 Å². The Hall–Kier alpha value is -1.59. The minimum Gasteiger partial charge on any atom is -0.496 e. The zero-order valence-electron chi connectivity index (χ0n) is 11.6. The number of hydrogen-bond donors (Lipinski definition) is 1. The van der Waals surface area contributed by atoms with Gasteiger partial charge in [0.2, 0.25) is 5.91 Å². The average Bonchev–Trinajstić information content (AvgIpc) is 2.37. The third-order valence-corrected chi connectivity index (χ3v) is 3.67. The minimum absolute atomic E-state index is 0.00539. The molecule has 0 unspecified atom stereocenters. The first-order chi connectivity index (χ1) is 9.04. The Morgan fingerprint density at radius 2 is 2.21 bits per heavy atom. The van der Waals surface area contributed by atoms with Gasteiger partial charge in [0.05, 0.1) is 20.3 Å². The summed E-state index contributed by atoms with van der Waals surface area (Å²) in [6.45, 7) is 3.07. The van der Waals surface area contributed by atoms with Gasteiger partial charge in [-0.3, -0.25) is 4.79 Å². The van der Waals surface area contributed by atoms with Gasteiger partial charge in [-0.05, 0) is 30.7 Å². The molecular formula is C14H20N2O3. The van der Waals surface area contributed by atoms with Gasteiger partial charge in [0.15, 0.2) is 0 Å². The Morgan fingerprint density at radius 3 is 2.63 bits per heavy atom. The molecule has 2 rings (SSSR count). The van der Waals surface area contributed by atoms with Crippen molar-refractivity contribution < 1.29 is 14.3 Å². The molecule has 1 aliphatic heterocycles. The van der Waals surface area contributed by atoms with Gasteiger partial charge >= 0.3 is 0 Å². The van der Waals surface area contributed by atoms with Crippen molar-refractivity contribution in [3.05, 3.63) is 23.8 Å². The molecule has 0 aromatic heterocycles. The predicted octanol–water partition coefficient (Wildman–Crippen LogP) is 0.942. The molecule has 104 valence electrons. The van der Waals surface area contributed by atoms with Crippen LogP contribution in [-0.2, 0) is 9.53 Å². The van der Waals surface area contributed by atoms with Crippen LogP contribution >= 0.6 is 0 Å². The van der Waals surface area contributed by atoms with Crippen LogP contribution in [0.15, 0.2) is 18.2 Å². The number of ether oxygens (including phenoxy) is 2. The van der Waals surface area contributed by atoms with Crippen molar-refractivity contribution in [2.75, 3.05) is 38.8 Å². The van der Waals surface area contributed by atoms with Crippen LogP contribution in [0, 0.1) is 12.3 Å². The van der Waals surface area contributed by atoms with Crippen molar-refractivity contribution in [1.82, 2.24) is 0 Å². The topological polar surface area (TPSA) is 64.8 Å². The van der Waals surface area contributed by atoms with Gasteiger partial charge in [-0.25, -0.2) is 0 Å². The molecule has 1 saturated heterocycles. The number of carbonyl (C=O) groups excluding carboxylic acids is 1. The van der Waals surface area contributed by atoms with E-state index in [1.165, 1.54) is 0 Å². The second-order valence-corrected chi connectivity index (χ2v) is 5.00. The summed E-state index contributed by atoms with van der Waals surface area (Å²) in [5, 5.41) is 0. The third kappa shape index (κ3) is 2.31. The van der Waals surface area contributed by atoms with E-state index in [1.54, 1.807) is 19.1 Å². The molecule has 5 nitrogen and oxygen atoms in total. The molecule has 1 aromatic rings. The number of anilines is 1. The highest BCUT2D eigenvalue weighted by Crippen LogP contribution is 2.31. The largest absolute Gasteiger partial charge is 0.496 e. The van der Waals surface area contributed by atoms with Crippen LogP contribution in [0.2, 0.25) is 0 Å². The first-order valence-corrected chi connectivity index (χ1v) is 6.25. The summed E-state index contributed by atoms with van der Waals surface area (Å²) >= 11 is 0. The summed E-state index contributed by atoms with van der Waals surface area (Å²) in [7, 11) is 3.39. The summed E-state index contributed by atoms with van der Waals surface area (Å²) in [5.74, 6) is 0.816. The second-order valence-electron chi connectivity index (χ2n) is 5.00. The molecule has 0 atom stereocenters. The Morgan fingerprint density at radius 1 is 1.53 bits per heavy atom. The molecule has 1 aliphatic rings. The van der Waals surface area contributed by atoms with E-state index in [-0.39, 0.29) is 5.91 Å². The summed E-state index contributed by atoms with van der Waals surface area (Å²) in [4.78, 5) is 14.1. The zero-order valence-corrected chi connectivity index (χ0v) is 11.6. The van der Waals surface area contributed by atoms with Crippen molar-refractivity contribution in [3.63, 3.8) is 0 Å². The van der Waals surface area contributed by atoms with Crippen LogP contribution in [0.25, 0.3) is 0 Å². The molecule has 19 heavy (non-hydrogen) atoms. The van der Waals surface area contributed by atoms with E-state index in [1.807, 2.05) is 25.1 Å². The van der Waals surface area contributed by atoms with E-state index in [0.717, 1.165) is 17.0 Å². The zero-order chi connectivity index (χ0) is 14.0. The highest BCUT2D eigenvalue weighted by Gasteiger charge is 2.46. The van der Waals surface area contributed by atoms with Crippen molar-refractivity contribution >= 4 is 11.6 Å². The number of hydrogen-bond acceptors (Lipinski definition) is 4. The fourth-order valence-electron chi connectivity index (χ4n) is 2.22. The molecule has 0 aliphatic carbocycles. The van der Waals surface area contributed by atoms with E-state index in [2.05, 4.69) is 0 Å². The first kappa shape index (κ1) is 13.8. The van der Waals surface area contributed by atoms with Gasteiger partial charge in [0.25, 0.3) is 0 Å². The molecule has 0 radical (unpaired) electrons. The minimum atomic E-state index is -0.553. The molecule has 1 amide bonds. The van der Waals surface area contributed by atoms with Gasteiger partial charge < -0.3 is 20.1 Å². The number of benzene rings is 1.